The van der Waals surface area contributed by atoms with E-state index in [4.69, 9.17) is 0 Å². The number of aryl methyl sites for hydroxylation is 1. The minimum absolute atomic E-state index is 0.0217. The monoisotopic (exact) mass is 617 g/mol. The normalized spacial score (nSPS) is 28.4. The zero-order chi connectivity index (χ0) is 25.9. The molecule has 186 valence electrons. The Hall–Kier alpha value is -2.92. The molecule has 36 heavy (non-hydrogen) atoms. The largest absolute Gasteiger partial charge is 0.292 e. The molecule has 0 aromatic heterocycles. The number of nitrogens with zero attached hydrogens (tertiary/aromatic N) is 3. The number of alkyl halides is 2. The first-order valence-electron chi connectivity index (χ1n) is 11.4. The van der Waals surface area contributed by atoms with Crippen LogP contribution in [0.4, 0.5) is 5.69 Å². The van der Waals surface area contributed by atoms with Crippen molar-refractivity contribution < 1.29 is 24.1 Å². The van der Waals surface area contributed by atoms with E-state index in [1.807, 2.05) is 6.92 Å². The molecule has 2 aromatic rings. The van der Waals surface area contributed by atoms with Crippen molar-refractivity contribution in [3.63, 3.8) is 0 Å². The first-order chi connectivity index (χ1) is 17.1. The van der Waals surface area contributed by atoms with Gasteiger partial charge >= 0.3 is 0 Å². The van der Waals surface area contributed by atoms with Gasteiger partial charge in [0.1, 0.15) is 6.54 Å². The number of rotatable bonds is 6. The molecule has 0 unspecified atom stereocenters. The maximum absolute atomic E-state index is 13.6. The second kappa shape index (κ2) is 9.19. The number of non-ortho nitro benzene ring substituents is 1. The van der Waals surface area contributed by atoms with Gasteiger partial charge < -0.3 is 0 Å². The molecular formula is C25H21Br2N3O6. The van der Waals surface area contributed by atoms with Crippen LogP contribution in [0.5, 0.6) is 0 Å². The topological polar surface area (TPSA) is 118 Å². The number of Topliss-reactive ketones (excluding diaryl/α,β-unsaturated/α-hetero) is 1. The molecule has 1 aliphatic heterocycles. The van der Waals surface area contributed by atoms with E-state index in [-0.39, 0.29) is 32.7 Å². The number of halogens is 2. The van der Waals surface area contributed by atoms with Gasteiger partial charge in [-0.05, 0) is 37.3 Å². The van der Waals surface area contributed by atoms with E-state index in [2.05, 4.69) is 31.9 Å². The predicted molar refractivity (Wildman–Crippen MR) is 136 cm³/mol. The van der Waals surface area contributed by atoms with Crippen molar-refractivity contribution in [1.82, 2.24) is 10.0 Å². The zero-order valence-electron chi connectivity index (χ0n) is 19.0. The molecule has 2 bridgehead atoms. The van der Waals surface area contributed by atoms with Crippen molar-refractivity contribution in [2.24, 2.45) is 23.7 Å². The number of fused-ring (bicyclic) bond motifs is 5. The fourth-order valence-corrected chi connectivity index (χ4v) is 7.52. The summed E-state index contributed by atoms with van der Waals surface area (Å²) in [6.45, 7) is 1.35. The summed E-state index contributed by atoms with van der Waals surface area (Å²) in [5.74, 6) is -3.44. The Bertz CT molecular complexity index is 1250. The number of hydrogen-bond acceptors (Lipinski definition) is 6. The Morgan fingerprint density at radius 3 is 1.94 bits per heavy atom. The molecule has 0 N–H and O–H groups in total. The molecule has 0 spiro atoms. The smallest absolute Gasteiger partial charge is 0.273 e. The Morgan fingerprint density at radius 1 is 0.944 bits per heavy atom. The summed E-state index contributed by atoms with van der Waals surface area (Å²) in [5.41, 5.74) is 1.10. The lowest BCUT2D eigenvalue weighted by Gasteiger charge is -2.30. The van der Waals surface area contributed by atoms with Crippen molar-refractivity contribution in [2.75, 3.05) is 6.54 Å². The second-order valence-electron chi connectivity index (χ2n) is 9.45. The minimum Gasteiger partial charge on any atom is -0.292 e. The van der Waals surface area contributed by atoms with Crippen LogP contribution < -0.4 is 0 Å². The third kappa shape index (κ3) is 3.88. The van der Waals surface area contributed by atoms with Crippen molar-refractivity contribution in [3.05, 3.63) is 75.3 Å². The van der Waals surface area contributed by atoms with Crippen LogP contribution in [0, 0.1) is 40.7 Å². The van der Waals surface area contributed by atoms with Crippen molar-refractivity contribution in [3.8, 4) is 0 Å². The van der Waals surface area contributed by atoms with Crippen molar-refractivity contribution >= 4 is 61.1 Å². The van der Waals surface area contributed by atoms with E-state index < -0.39 is 46.8 Å². The highest BCUT2D eigenvalue weighted by atomic mass is 79.9. The van der Waals surface area contributed by atoms with E-state index in [0.717, 1.165) is 22.0 Å². The molecule has 2 aliphatic carbocycles. The van der Waals surface area contributed by atoms with Crippen LogP contribution in [-0.2, 0) is 9.59 Å². The first kappa shape index (κ1) is 24.8. The predicted octanol–water partition coefficient (Wildman–Crippen LogP) is 3.92. The molecule has 2 saturated carbocycles. The molecule has 1 heterocycles. The number of carbonyl (C=O) groups excluding carboxylic acids is 4. The second-order valence-corrected chi connectivity index (χ2v) is 11.6. The molecular weight excluding hydrogens is 598 g/mol. The van der Waals surface area contributed by atoms with Crippen molar-refractivity contribution in [2.45, 2.75) is 23.0 Å². The van der Waals surface area contributed by atoms with Gasteiger partial charge in [-0.25, -0.2) is 5.01 Å². The number of nitro benzene ring substituents is 1. The number of hydrazine groups is 1. The molecule has 2 aromatic carbocycles. The highest BCUT2D eigenvalue weighted by Gasteiger charge is 2.67. The van der Waals surface area contributed by atoms with E-state index in [1.54, 1.807) is 24.3 Å². The van der Waals surface area contributed by atoms with E-state index in [9.17, 15) is 29.3 Å². The summed E-state index contributed by atoms with van der Waals surface area (Å²) in [5, 5.41) is 12.8. The molecule has 1 saturated heterocycles. The molecule has 9 nitrogen and oxygen atoms in total. The lowest BCUT2D eigenvalue weighted by molar-refractivity contribution is -0.384. The Morgan fingerprint density at radius 2 is 1.44 bits per heavy atom. The average molecular weight is 619 g/mol. The number of imide groups is 1. The molecule has 3 fully saturated rings. The Kier molecular flexibility index (Phi) is 6.32. The van der Waals surface area contributed by atoms with Crippen LogP contribution in [0.1, 0.15) is 32.7 Å². The minimum atomic E-state index is -0.759. The number of hydrogen-bond donors (Lipinski definition) is 0. The fourth-order valence-electron chi connectivity index (χ4n) is 5.65. The maximum atomic E-state index is 13.6. The molecule has 0 radical (unpaired) electrons. The SMILES string of the molecule is Cc1ccc(C(=O)CN(C(=O)c2ccc([N+](=O)[O-])cc2)N2C(=O)[C@@H]3[C@H]4C[C@@H]([C@@H](Br)[C@H]4Br)[C@H]3C2=O)cc1. The maximum Gasteiger partial charge on any atom is 0.273 e. The Labute approximate surface area is 223 Å². The van der Waals surface area contributed by atoms with E-state index >= 15 is 0 Å². The molecule has 11 heteroatoms. The van der Waals surface area contributed by atoms with Gasteiger partial charge in [-0.3, -0.25) is 29.3 Å². The van der Waals surface area contributed by atoms with Crippen LogP contribution in [0.25, 0.3) is 0 Å². The number of carbonyl (C=O) groups is 4. The molecule has 3 aliphatic rings. The number of amides is 3. The van der Waals surface area contributed by atoms with Gasteiger partial charge in [0.2, 0.25) is 0 Å². The highest BCUT2D eigenvalue weighted by Crippen LogP contribution is 2.60. The molecule has 3 amide bonds. The van der Waals surface area contributed by atoms with E-state index in [1.165, 1.54) is 24.3 Å². The standard InChI is InChI=1S/C25H21Br2N3O6/c1-12-2-4-13(5-3-12)18(31)11-28(23(32)14-6-8-15(9-7-14)30(35)36)29-24(33)19-16-10-17(20(19)25(29)34)22(27)21(16)26/h2-9,16-17,19-22H,10-11H2,1H3/t16-,17-,19-,20-,21-,22+/m1/s1. The first-order valence-corrected chi connectivity index (χ1v) is 13.3. The van der Waals surface area contributed by atoms with Gasteiger partial charge in [-0.15, -0.1) is 0 Å². The highest BCUT2D eigenvalue weighted by molar-refractivity contribution is 9.12. The summed E-state index contributed by atoms with van der Waals surface area (Å²) in [6, 6.07) is 11.6. The fraction of sp³-hybridized carbons (Fsp3) is 0.360. The third-order valence-electron chi connectivity index (χ3n) is 7.43. The zero-order valence-corrected chi connectivity index (χ0v) is 22.2. The van der Waals surface area contributed by atoms with Crippen LogP contribution in [0.15, 0.2) is 48.5 Å². The number of ketones is 1. The number of benzene rings is 2. The van der Waals surface area contributed by atoms with Gasteiger partial charge in [-0.1, -0.05) is 61.7 Å². The third-order valence-corrected chi connectivity index (χ3v) is 10.6. The van der Waals surface area contributed by atoms with Gasteiger partial charge in [0.05, 0.1) is 16.8 Å². The van der Waals surface area contributed by atoms with Crippen LogP contribution in [0.2, 0.25) is 0 Å². The molecule has 5 rings (SSSR count). The van der Waals surface area contributed by atoms with Crippen molar-refractivity contribution in [1.29, 1.82) is 0 Å². The average Bonchev–Trinajstić information content (AvgIpc) is 3.47. The summed E-state index contributed by atoms with van der Waals surface area (Å²) in [4.78, 5) is 64.4. The van der Waals surface area contributed by atoms with Gasteiger partial charge in [-0.2, -0.15) is 5.01 Å². The summed E-state index contributed by atoms with van der Waals surface area (Å²) in [6.07, 6.45) is 0.727. The number of nitro groups is 1. The summed E-state index contributed by atoms with van der Waals surface area (Å²) < 4.78 is 0. The van der Waals surface area contributed by atoms with Gasteiger partial charge in [0.15, 0.2) is 5.78 Å². The van der Waals surface area contributed by atoms with Gasteiger partial charge in [0, 0.05) is 32.9 Å². The van der Waals surface area contributed by atoms with E-state index in [0.29, 0.717) is 5.56 Å². The lowest BCUT2D eigenvalue weighted by Crippen LogP contribution is -2.52. The summed E-state index contributed by atoms with van der Waals surface area (Å²) in [7, 11) is 0. The van der Waals surface area contributed by atoms with Crippen LogP contribution >= 0.6 is 31.9 Å². The lowest BCUT2D eigenvalue weighted by atomic mass is 9.81. The van der Waals surface area contributed by atoms with Gasteiger partial charge in [0.25, 0.3) is 23.4 Å². The quantitative estimate of drug-likeness (QED) is 0.159. The van der Waals surface area contributed by atoms with Crippen LogP contribution in [0.3, 0.4) is 0 Å². The van der Waals surface area contributed by atoms with Crippen LogP contribution in [-0.4, -0.2) is 54.6 Å². The summed E-state index contributed by atoms with van der Waals surface area (Å²) >= 11 is 7.29. The Balaban J connectivity index is 1.50. The molecule has 6 atom stereocenters.